The molecule has 0 aromatic carbocycles. The van der Waals surface area contributed by atoms with Crippen LogP contribution >= 0.6 is 0 Å². The SMILES string of the molecule is CC(C)c1ccc(N2CCC(C3CCN(CCCn4cccn4)CC3)CC2)nn1. The Balaban J connectivity index is 1.17. The van der Waals surface area contributed by atoms with Gasteiger partial charge in [0, 0.05) is 32.0 Å². The molecule has 0 amide bonds. The molecule has 2 fully saturated rings. The standard InChI is InChI=1S/C23H36N6/c1-19(2)22-5-6-23(26-25-22)28-17-9-21(10-18-28)20-7-15-27(16-8-20)12-4-14-29-13-3-11-24-29/h3,5-6,11,13,19-21H,4,7-10,12,14-18H2,1-2H3. The van der Waals surface area contributed by atoms with Gasteiger partial charge in [-0.2, -0.15) is 10.2 Å². The van der Waals surface area contributed by atoms with Gasteiger partial charge in [0.25, 0.3) is 0 Å². The Morgan fingerprint density at radius 3 is 2.24 bits per heavy atom. The van der Waals surface area contributed by atoms with Crippen molar-refractivity contribution in [1.29, 1.82) is 0 Å². The fraction of sp³-hybridized carbons (Fsp3) is 0.696. The number of hydrogen-bond acceptors (Lipinski definition) is 5. The highest BCUT2D eigenvalue weighted by atomic mass is 15.3. The highest BCUT2D eigenvalue weighted by molar-refractivity contribution is 5.38. The summed E-state index contributed by atoms with van der Waals surface area (Å²) in [6.45, 7) is 11.4. The van der Waals surface area contributed by atoms with E-state index in [1.807, 2.05) is 16.9 Å². The Labute approximate surface area is 175 Å². The molecule has 6 nitrogen and oxygen atoms in total. The minimum Gasteiger partial charge on any atom is -0.355 e. The zero-order valence-corrected chi connectivity index (χ0v) is 18.1. The second-order valence-electron chi connectivity index (χ2n) is 9.10. The molecule has 29 heavy (non-hydrogen) atoms. The second kappa shape index (κ2) is 9.70. The molecule has 0 bridgehead atoms. The Bertz CT molecular complexity index is 710. The lowest BCUT2D eigenvalue weighted by molar-refractivity contribution is 0.131. The number of rotatable bonds is 7. The third-order valence-electron chi connectivity index (χ3n) is 6.85. The van der Waals surface area contributed by atoms with E-state index >= 15 is 0 Å². The van der Waals surface area contributed by atoms with E-state index in [2.05, 4.69) is 57.3 Å². The summed E-state index contributed by atoms with van der Waals surface area (Å²) >= 11 is 0. The van der Waals surface area contributed by atoms with Crippen LogP contribution in [0.25, 0.3) is 0 Å². The summed E-state index contributed by atoms with van der Waals surface area (Å²) in [4.78, 5) is 5.08. The molecule has 4 heterocycles. The molecule has 2 aliphatic rings. The highest BCUT2D eigenvalue weighted by Gasteiger charge is 2.29. The Morgan fingerprint density at radius 1 is 0.931 bits per heavy atom. The van der Waals surface area contributed by atoms with Crippen LogP contribution in [-0.4, -0.2) is 57.6 Å². The van der Waals surface area contributed by atoms with Gasteiger partial charge in [-0.3, -0.25) is 4.68 Å². The van der Waals surface area contributed by atoms with Crippen molar-refractivity contribution in [2.24, 2.45) is 11.8 Å². The molecule has 2 aromatic rings. The molecule has 6 heteroatoms. The monoisotopic (exact) mass is 396 g/mol. The number of aryl methyl sites for hydroxylation is 1. The Kier molecular flexibility index (Phi) is 6.80. The summed E-state index contributed by atoms with van der Waals surface area (Å²) in [6, 6.07) is 6.30. The normalized spacial score (nSPS) is 19.9. The molecule has 2 aliphatic heterocycles. The first-order valence-electron chi connectivity index (χ1n) is 11.5. The maximum atomic E-state index is 4.48. The summed E-state index contributed by atoms with van der Waals surface area (Å²) < 4.78 is 2.04. The lowest BCUT2D eigenvalue weighted by Gasteiger charge is -2.40. The molecule has 0 unspecified atom stereocenters. The van der Waals surface area contributed by atoms with Gasteiger partial charge in [0.2, 0.25) is 0 Å². The van der Waals surface area contributed by atoms with Crippen LogP contribution in [0.4, 0.5) is 5.82 Å². The van der Waals surface area contributed by atoms with Crippen LogP contribution in [0.15, 0.2) is 30.6 Å². The molecule has 2 aromatic heterocycles. The van der Waals surface area contributed by atoms with Crippen molar-refractivity contribution < 1.29 is 0 Å². The molecule has 0 N–H and O–H groups in total. The number of likely N-dealkylation sites (tertiary alicyclic amines) is 1. The van der Waals surface area contributed by atoms with Crippen LogP contribution in [0.5, 0.6) is 0 Å². The van der Waals surface area contributed by atoms with Crippen LogP contribution in [0.2, 0.25) is 0 Å². The first-order chi connectivity index (χ1) is 14.2. The van der Waals surface area contributed by atoms with E-state index in [1.165, 1.54) is 51.7 Å². The van der Waals surface area contributed by atoms with Gasteiger partial charge in [-0.05, 0) is 87.7 Å². The van der Waals surface area contributed by atoms with Crippen molar-refractivity contribution in [3.05, 3.63) is 36.3 Å². The minimum atomic E-state index is 0.443. The summed E-state index contributed by atoms with van der Waals surface area (Å²) in [6.07, 6.45) is 10.5. The van der Waals surface area contributed by atoms with Crippen LogP contribution in [0, 0.1) is 11.8 Å². The maximum Gasteiger partial charge on any atom is 0.151 e. The predicted octanol–water partition coefficient (Wildman–Crippen LogP) is 3.82. The Morgan fingerprint density at radius 2 is 1.66 bits per heavy atom. The molecule has 0 spiro atoms. The van der Waals surface area contributed by atoms with Crippen molar-refractivity contribution in [3.63, 3.8) is 0 Å². The number of aromatic nitrogens is 4. The van der Waals surface area contributed by atoms with E-state index in [0.29, 0.717) is 5.92 Å². The zero-order chi connectivity index (χ0) is 20.1. The third-order valence-corrected chi connectivity index (χ3v) is 6.85. The van der Waals surface area contributed by atoms with E-state index in [9.17, 15) is 0 Å². The molecular formula is C23H36N6. The second-order valence-corrected chi connectivity index (χ2v) is 9.10. The van der Waals surface area contributed by atoms with Gasteiger partial charge in [-0.25, -0.2) is 0 Å². The minimum absolute atomic E-state index is 0.443. The smallest absolute Gasteiger partial charge is 0.151 e. The number of nitrogens with zero attached hydrogens (tertiary/aromatic N) is 6. The lowest BCUT2D eigenvalue weighted by atomic mass is 9.79. The molecule has 0 aliphatic carbocycles. The van der Waals surface area contributed by atoms with Gasteiger partial charge in [-0.15, -0.1) is 5.10 Å². The number of anilines is 1. The maximum absolute atomic E-state index is 4.48. The number of piperidine rings is 2. The lowest BCUT2D eigenvalue weighted by Crippen LogP contribution is -2.41. The van der Waals surface area contributed by atoms with Crippen molar-refractivity contribution in [1.82, 2.24) is 24.9 Å². The quantitative estimate of drug-likeness (QED) is 0.712. The first-order valence-corrected chi connectivity index (χ1v) is 11.5. The van der Waals surface area contributed by atoms with E-state index in [-0.39, 0.29) is 0 Å². The van der Waals surface area contributed by atoms with Crippen LogP contribution in [0.1, 0.15) is 57.6 Å². The fourth-order valence-corrected chi connectivity index (χ4v) is 4.95. The van der Waals surface area contributed by atoms with Crippen molar-refractivity contribution >= 4 is 5.82 Å². The summed E-state index contributed by atoms with van der Waals surface area (Å²) in [5.74, 6) is 3.30. The van der Waals surface area contributed by atoms with Crippen molar-refractivity contribution in [2.75, 3.05) is 37.6 Å². The van der Waals surface area contributed by atoms with E-state index < -0.39 is 0 Å². The molecule has 4 rings (SSSR count). The molecule has 2 saturated heterocycles. The van der Waals surface area contributed by atoms with Gasteiger partial charge in [0.05, 0.1) is 5.69 Å². The van der Waals surface area contributed by atoms with Crippen molar-refractivity contribution in [3.8, 4) is 0 Å². The van der Waals surface area contributed by atoms with E-state index in [4.69, 9.17) is 0 Å². The van der Waals surface area contributed by atoms with Crippen molar-refractivity contribution in [2.45, 2.75) is 58.4 Å². The molecule has 0 radical (unpaired) electrons. The number of hydrogen-bond donors (Lipinski definition) is 0. The van der Waals surface area contributed by atoms with Gasteiger partial charge in [-0.1, -0.05) is 13.8 Å². The first kappa shape index (κ1) is 20.3. The molecule has 0 saturated carbocycles. The van der Waals surface area contributed by atoms with Gasteiger partial charge < -0.3 is 9.80 Å². The summed E-state index contributed by atoms with van der Waals surface area (Å²) in [7, 11) is 0. The molecule has 0 atom stereocenters. The summed E-state index contributed by atoms with van der Waals surface area (Å²) in [5.41, 5.74) is 1.08. The van der Waals surface area contributed by atoms with Gasteiger partial charge in [0.15, 0.2) is 5.82 Å². The highest BCUT2D eigenvalue weighted by Crippen LogP contribution is 2.33. The average Bonchev–Trinajstić information content (AvgIpc) is 3.28. The van der Waals surface area contributed by atoms with E-state index in [1.54, 1.807) is 0 Å². The van der Waals surface area contributed by atoms with Crippen LogP contribution < -0.4 is 4.90 Å². The topological polar surface area (TPSA) is 50.1 Å². The predicted molar refractivity (Wildman–Crippen MR) is 117 cm³/mol. The van der Waals surface area contributed by atoms with Crippen LogP contribution in [-0.2, 0) is 6.54 Å². The Hall–Kier alpha value is -1.95. The third kappa shape index (κ3) is 5.35. The van der Waals surface area contributed by atoms with E-state index in [0.717, 1.165) is 43.0 Å². The van der Waals surface area contributed by atoms with Gasteiger partial charge in [0.1, 0.15) is 0 Å². The molecular weight excluding hydrogens is 360 g/mol. The summed E-state index contributed by atoms with van der Waals surface area (Å²) in [5, 5.41) is 13.2. The van der Waals surface area contributed by atoms with Crippen LogP contribution in [0.3, 0.4) is 0 Å². The van der Waals surface area contributed by atoms with Gasteiger partial charge >= 0.3 is 0 Å². The largest absolute Gasteiger partial charge is 0.355 e. The average molecular weight is 397 g/mol. The molecule has 158 valence electrons. The zero-order valence-electron chi connectivity index (χ0n) is 18.1. The fourth-order valence-electron chi connectivity index (χ4n) is 4.95.